The third kappa shape index (κ3) is 4.30. The molecule has 25 heavy (non-hydrogen) atoms. The Balaban J connectivity index is 1.70. The number of anilines is 2. The average Bonchev–Trinajstić information content (AvgIpc) is 2.94. The molecule has 0 saturated carbocycles. The summed E-state index contributed by atoms with van der Waals surface area (Å²) in [6.45, 7) is 0. The van der Waals surface area contributed by atoms with Gasteiger partial charge in [0.1, 0.15) is 5.69 Å². The van der Waals surface area contributed by atoms with Crippen LogP contribution in [0.1, 0.15) is 22.5 Å². The van der Waals surface area contributed by atoms with Crippen LogP contribution in [0.4, 0.5) is 11.6 Å². The van der Waals surface area contributed by atoms with Gasteiger partial charge in [-0.1, -0.05) is 6.07 Å². The number of hydrogen-bond donors (Lipinski definition) is 2. The zero-order chi connectivity index (χ0) is 17.9. The summed E-state index contributed by atoms with van der Waals surface area (Å²) in [6.07, 6.45) is 1.84. The SMILES string of the molecule is N#Cc1cccc(Nc2nccc(C(=O)NC3CCS(=O)(=O)C3)n2)c1. The topological polar surface area (TPSA) is 125 Å². The van der Waals surface area contributed by atoms with E-state index in [4.69, 9.17) is 5.26 Å². The predicted octanol–water partition coefficient (Wildman–Crippen LogP) is 1.01. The molecule has 0 radical (unpaired) electrons. The maximum atomic E-state index is 12.2. The molecule has 0 spiro atoms. The molecule has 8 nitrogen and oxygen atoms in total. The minimum Gasteiger partial charge on any atom is -0.347 e. The second-order valence-corrected chi connectivity index (χ2v) is 7.89. The standard InChI is InChI=1S/C16H15N5O3S/c17-9-11-2-1-3-12(8-11)20-16-18-6-4-14(21-16)15(22)19-13-5-7-25(23,24)10-13/h1-4,6,8,13H,5,7,10H2,(H,19,22)(H,18,20,21). The van der Waals surface area contributed by atoms with Crippen molar-refractivity contribution in [1.29, 1.82) is 5.26 Å². The Kier molecular flexibility index (Phi) is 4.63. The first-order valence-corrected chi connectivity index (χ1v) is 9.39. The highest BCUT2D eigenvalue weighted by Crippen LogP contribution is 2.15. The van der Waals surface area contributed by atoms with Crippen molar-refractivity contribution in [3.05, 3.63) is 47.8 Å². The molecule has 1 saturated heterocycles. The lowest BCUT2D eigenvalue weighted by molar-refractivity contribution is 0.0936. The summed E-state index contributed by atoms with van der Waals surface area (Å²) in [5.41, 5.74) is 1.25. The first-order chi connectivity index (χ1) is 11.9. The molecular weight excluding hydrogens is 342 g/mol. The molecule has 1 unspecified atom stereocenters. The molecule has 1 aliphatic heterocycles. The van der Waals surface area contributed by atoms with E-state index in [9.17, 15) is 13.2 Å². The van der Waals surface area contributed by atoms with Gasteiger partial charge in [-0.05, 0) is 30.7 Å². The van der Waals surface area contributed by atoms with Crippen LogP contribution < -0.4 is 10.6 Å². The monoisotopic (exact) mass is 357 g/mol. The van der Waals surface area contributed by atoms with Crippen molar-refractivity contribution < 1.29 is 13.2 Å². The first kappa shape index (κ1) is 16.9. The Morgan fingerprint density at radius 1 is 1.32 bits per heavy atom. The molecule has 1 aliphatic rings. The van der Waals surface area contributed by atoms with Crippen molar-refractivity contribution in [1.82, 2.24) is 15.3 Å². The van der Waals surface area contributed by atoms with E-state index in [2.05, 4.69) is 20.6 Å². The van der Waals surface area contributed by atoms with E-state index in [1.54, 1.807) is 24.3 Å². The Bertz CT molecular complexity index is 952. The van der Waals surface area contributed by atoms with Gasteiger partial charge in [0.2, 0.25) is 5.95 Å². The van der Waals surface area contributed by atoms with Crippen LogP contribution in [0.5, 0.6) is 0 Å². The van der Waals surface area contributed by atoms with Crippen LogP contribution in [-0.2, 0) is 9.84 Å². The smallest absolute Gasteiger partial charge is 0.270 e. The van der Waals surface area contributed by atoms with E-state index >= 15 is 0 Å². The molecule has 2 aromatic rings. The Labute approximate surface area is 144 Å². The van der Waals surface area contributed by atoms with Gasteiger partial charge < -0.3 is 10.6 Å². The second-order valence-electron chi connectivity index (χ2n) is 5.66. The van der Waals surface area contributed by atoms with Crippen molar-refractivity contribution in [2.75, 3.05) is 16.8 Å². The summed E-state index contributed by atoms with van der Waals surface area (Å²) >= 11 is 0. The zero-order valence-electron chi connectivity index (χ0n) is 13.1. The number of sulfone groups is 1. The van der Waals surface area contributed by atoms with Crippen LogP contribution in [0.25, 0.3) is 0 Å². The van der Waals surface area contributed by atoms with Crippen molar-refractivity contribution in [3.63, 3.8) is 0 Å². The molecule has 1 fully saturated rings. The molecule has 2 N–H and O–H groups in total. The summed E-state index contributed by atoms with van der Waals surface area (Å²) in [5.74, 6) is -0.195. The number of nitriles is 1. The molecule has 1 aromatic heterocycles. The molecule has 1 amide bonds. The molecule has 1 atom stereocenters. The van der Waals surface area contributed by atoms with E-state index < -0.39 is 21.8 Å². The van der Waals surface area contributed by atoms with Gasteiger partial charge in [-0.15, -0.1) is 0 Å². The van der Waals surface area contributed by atoms with Crippen molar-refractivity contribution >= 4 is 27.4 Å². The Morgan fingerprint density at radius 3 is 2.88 bits per heavy atom. The number of nitrogens with zero attached hydrogens (tertiary/aromatic N) is 3. The van der Waals surface area contributed by atoms with Crippen LogP contribution in [0.15, 0.2) is 36.5 Å². The minimum atomic E-state index is -3.06. The van der Waals surface area contributed by atoms with Crippen LogP contribution >= 0.6 is 0 Å². The van der Waals surface area contributed by atoms with Gasteiger partial charge >= 0.3 is 0 Å². The third-order valence-electron chi connectivity index (χ3n) is 3.70. The summed E-state index contributed by atoms with van der Waals surface area (Å²) in [7, 11) is -3.06. The normalized spacial score (nSPS) is 18.3. The molecule has 128 valence electrons. The van der Waals surface area contributed by atoms with Crippen molar-refractivity contribution in [2.45, 2.75) is 12.5 Å². The number of carbonyl (C=O) groups excluding carboxylic acids is 1. The number of amides is 1. The lowest BCUT2D eigenvalue weighted by Gasteiger charge is -2.11. The number of rotatable bonds is 4. The molecule has 1 aromatic carbocycles. The summed E-state index contributed by atoms with van der Waals surface area (Å²) in [5, 5.41) is 14.5. The van der Waals surface area contributed by atoms with E-state index in [0.29, 0.717) is 17.7 Å². The van der Waals surface area contributed by atoms with Crippen molar-refractivity contribution in [3.8, 4) is 6.07 Å². The van der Waals surface area contributed by atoms with Crippen molar-refractivity contribution in [2.24, 2.45) is 0 Å². The van der Waals surface area contributed by atoms with Gasteiger partial charge in [0.25, 0.3) is 5.91 Å². The van der Waals surface area contributed by atoms with Gasteiger partial charge in [0.05, 0.1) is 23.1 Å². The fourth-order valence-electron chi connectivity index (χ4n) is 2.51. The second kappa shape index (κ2) is 6.86. The number of carbonyl (C=O) groups is 1. The predicted molar refractivity (Wildman–Crippen MR) is 91.0 cm³/mol. The fourth-order valence-corrected chi connectivity index (χ4v) is 4.18. The maximum Gasteiger partial charge on any atom is 0.270 e. The van der Waals surface area contributed by atoms with Crippen LogP contribution in [0.2, 0.25) is 0 Å². The maximum absolute atomic E-state index is 12.2. The molecular formula is C16H15N5O3S. The van der Waals surface area contributed by atoms with Gasteiger partial charge in [-0.3, -0.25) is 4.79 Å². The number of aromatic nitrogens is 2. The van der Waals surface area contributed by atoms with Crippen LogP contribution in [-0.4, -0.2) is 41.8 Å². The van der Waals surface area contributed by atoms with Gasteiger partial charge in [0, 0.05) is 17.9 Å². The van der Waals surface area contributed by atoms with Crippen LogP contribution in [0.3, 0.4) is 0 Å². The minimum absolute atomic E-state index is 0.0458. The van der Waals surface area contributed by atoms with Gasteiger partial charge in [-0.2, -0.15) is 5.26 Å². The highest BCUT2D eigenvalue weighted by molar-refractivity contribution is 7.91. The largest absolute Gasteiger partial charge is 0.347 e. The molecule has 3 rings (SSSR count). The summed E-state index contributed by atoms with van der Waals surface area (Å²) in [6, 6.07) is 9.88. The lowest BCUT2D eigenvalue weighted by Crippen LogP contribution is -2.36. The highest BCUT2D eigenvalue weighted by Gasteiger charge is 2.29. The molecule has 0 aliphatic carbocycles. The average molecular weight is 357 g/mol. The summed E-state index contributed by atoms with van der Waals surface area (Å²) < 4.78 is 22.9. The van der Waals surface area contributed by atoms with Gasteiger partial charge in [0.15, 0.2) is 9.84 Å². The number of benzene rings is 1. The highest BCUT2D eigenvalue weighted by atomic mass is 32.2. The third-order valence-corrected chi connectivity index (χ3v) is 5.47. The lowest BCUT2D eigenvalue weighted by atomic mass is 10.2. The number of nitrogens with one attached hydrogen (secondary N) is 2. The van der Waals surface area contributed by atoms with Crippen LogP contribution in [0, 0.1) is 11.3 Å². The van der Waals surface area contributed by atoms with E-state index in [0.717, 1.165) is 0 Å². The molecule has 9 heteroatoms. The fraction of sp³-hybridized carbons (Fsp3) is 0.250. The number of hydrogen-bond acceptors (Lipinski definition) is 7. The zero-order valence-corrected chi connectivity index (χ0v) is 14.0. The van der Waals surface area contributed by atoms with E-state index in [-0.39, 0.29) is 23.1 Å². The first-order valence-electron chi connectivity index (χ1n) is 7.57. The molecule has 2 heterocycles. The summed E-state index contributed by atoms with van der Waals surface area (Å²) in [4.78, 5) is 20.4. The quantitative estimate of drug-likeness (QED) is 0.836. The van der Waals surface area contributed by atoms with E-state index in [1.165, 1.54) is 12.3 Å². The molecule has 0 bridgehead atoms. The Morgan fingerprint density at radius 2 is 2.16 bits per heavy atom. The van der Waals surface area contributed by atoms with Gasteiger partial charge in [-0.25, -0.2) is 18.4 Å². The Hall–Kier alpha value is -2.99. The van der Waals surface area contributed by atoms with E-state index in [1.807, 2.05) is 6.07 Å².